The van der Waals surface area contributed by atoms with Gasteiger partial charge in [0.15, 0.2) is 0 Å². The number of anilines is 1. The van der Waals surface area contributed by atoms with Crippen LogP contribution in [0.15, 0.2) is 71.2 Å². The zero-order valence-corrected chi connectivity index (χ0v) is 18.2. The summed E-state index contributed by atoms with van der Waals surface area (Å²) >= 11 is 0. The summed E-state index contributed by atoms with van der Waals surface area (Å²) in [7, 11) is 2.67. The summed E-state index contributed by atoms with van der Waals surface area (Å²) in [5, 5.41) is 12.2. The number of benzene rings is 2. The molecule has 7 heteroatoms. The Kier molecular flexibility index (Phi) is 7.10. The van der Waals surface area contributed by atoms with Crippen molar-refractivity contribution in [3.05, 3.63) is 82.3 Å². The van der Waals surface area contributed by atoms with Gasteiger partial charge >= 0.3 is 0 Å². The molecule has 0 bridgehead atoms. The van der Waals surface area contributed by atoms with Crippen LogP contribution >= 0.6 is 0 Å². The number of Topliss-reactive ketones (excluding diaryl/α,β-unsaturated/α-hetero) is 2. The Morgan fingerprint density at radius 3 is 2.19 bits per heavy atom. The molecule has 0 fully saturated rings. The number of nitrogens with one attached hydrogen (secondary N) is 1. The monoisotopic (exact) mass is 435 g/mol. The molecule has 0 spiro atoms. The van der Waals surface area contributed by atoms with Crippen molar-refractivity contribution < 1.29 is 29.0 Å². The van der Waals surface area contributed by atoms with Crippen LogP contribution in [0.4, 0.5) is 5.69 Å². The minimum atomic E-state index is -0.353. The maximum Gasteiger partial charge on any atom is 0.228 e. The minimum absolute atomic E-state index is 0.0712. The van der Waals surface area contributed by atoms with E-state index in [1.54, 1.807) is 19.1 Å². The number of carbonyl (C=O) groups excluding carboxylic acids is 3. The second-order valence-electron chi connectivity index (χ2n) is 7.42. The predicted molar refractivity (Wildman–Crippen MR) is 119 cm³/mol. The van der Waals surface area contributed by atoms with Gasteiger partial charge < -0.3 is 19.9 Å². The van der Waals surface area contributed by atoms with E-state index in [1.807, 2.05) is 24.3 Å². The Labute approximate surface area is 186 Å². The van der Waals surface area contributed by atoms with Crippen molar-refractivity contribution in [1.29, 1.82) is 0 Å². The molecule has 7 nitrogen and oxygen atoms in total. The number of aromatic hydroxyl groups is 1. The van der Waals surface area contributed by atoms with E-state index in [0.717, 1.165) is 11.1 Å². The van der Waals surface area contributed by atoms with E-state index in [-0.39, 0.29) is 41.2 Å². The Bertz CT molecular complexity index is 1110. The molecule has 0 unspecified atom stereocenters. The SMILES string of the molecule is COC1=C(OC)C(=O)C(Cc2ccc(CCC(=O)Nc3cccc(O)c3)cc2)=C(C)C1=O. The highest BCUT2D eigenvalue weighted by molar-refractivity contribution is 6.23. The van der Waals surface area contributed by atoms with Crippen molar-refractivity contribution in [2.45, 2.75) is 26.2 Å². The highest BCUT2D eigenvalue weighted by atomic mass is 16.5. The van der Waals surface area contributed by atoms with E-state index in [9.17, 15) is 19.5 Å². The lowest BCUT2D eigenvalue weighted by Gasteiger charge is -2.20. The molecule has 1 aliphatic carbocycles. The molecule has 1 aliphatic rings. The summed E-state index contributed by atoms with van der Waals surface area (Å²) in [6.45, 7) is 1.61. The fraction of sp³-hybridized carbons (Fsp3) is 0.240. The number of aryl methyl sites for hydroxylation is 1. The third-order valence-electron chi connectivity index (χ3n) is 5.27. The number of phenolic OH excluding ortho intramolecular Hbond substituents is 1. The van der Waals surface area contributed by atoms with E-state index < -0.39 is 0 Å². The molecule has 2 aromatic rings. The molecule has 0 aliphatic heterocycles. The van der Waals surface area contributed by atoms with Crippen LogP contribution < -0.4 is 5.32 Å². The van der Waals surface area contributed by atoms with Crippen molar-refractivity contribution in [1.82, 2.24) is 0 Å². The summed E-state index contributed by atoms with van der Waals surface area (Å²) in [5.74, 6) is -0.916. The van der Waals surface area contributed by atoms with E-state index in [2.05, 4.69) is 5.32 Å². The van der Waals surface area contributed by atoms with Gasteiger partial charge in [-0.3, -0.25) is 14.4 Å². The molecule has 2 aromatic carbocycles. The fourth-order valence-corrected chi connectivity index (χ4v) is 3.50. The number of ketones is 2. The first-order valence-corrected chi connectivity index (χ1v) is 10.1. The normalized spacial score (nSPS) is 14.0. The third-order valence-corrected chi connectivity index (χ3v) is 5.27. The molecule has 0 heterocycles. The van der Waals surface area contributed by atoms with Gasteiger partial charge in [-0.2, -0.15) is 0 Å². The number of allylic oxidation sites excluding steroid dienone is 2. The first kappa shape index (κ1) is 22.8. The van der Waals surface area contributed by atoms with E-state index in [1.165, 1.54) is 26.4 Å². The molecule has 2 N–H and O–H groups in total. The smallest absolute Gasteiger partial charge is 0.228 e. The highest BCUT2D eigenvalue weighted by Gasteiger charge is 2.34. The lowest BCUT2D eigenvalue weighted by Crippen LogP contribution is -2.26. The summed E-state index contributed by atoms with van der Waals surface area (Å²) < 4.78 is 10.2. The van der Waals surface area contributed by atoms with Crippen LogP contribution in [0.3, 0.4) is 0 Å². The first-order valence-electron chi connectivity index (χ1n) is 10.1. The average Bonchev–Trinajstić information content (AvgIpc) is 2.78. The second-order valence-corrected chi connectivity index (χ2v) is 7.42. The molecule has 0 atom stereocenters. The lowest BCUT2D eigenvalue weighted by molar-refractivity contribution is -0.121. The molecule has 32 heavy (non-hydrogen) atoms. The Balaban J connectivity index is 1.62. The van der Waals surface area contributed by atoms with Crippen LogP contribution in [0.25, 0.3) is 0 Å². The minimum Gasteiger partial charge on any atom is -0.508 e. The van der Waals surface area contributed by atoms with Gasteiger partial charge in [0.05, 0.1) is 14.2 Å². The number of amides is 1. The summed E-state index contributed by atoms with van der Waals surface area (Å²) in [6, 6.07) is 13.9. The second kappa shape index (κ2) is 9.96. The lowest BCUT2D eigenvalue weighted by atomic mass is 9.88. The van der Waals surface area contributed by atoms with Crippen LogP contribution in [-0.4, -0.2) is 36.8 Å². The molecule has 0 aromatic heterocycles. The van der Waals surface area contributed by atoms with Crippen LogP contribution in [0.1, 0.15) is 24.5 Å². The summed E-state index contributed by atoms with van der Waals surface area (Å²) in [4.78, 5) is 37.4. The molecular weight excluding hydrogens is 410 g/mol. The van der Waals surface area contributed by atoms with E-state index in [0.29, 0.717) is 29.7 Å². The molecule has 0 saturated carbocycles. The van der Waals surface area contributed by atoms with Crippen molar-refractivity contribution in [3.63, 3.8) is 0 Å². The third kappa shape index (κ3) is 5.06. The van der Waals surface area contributed by atoms with Crippen molar-refractivity contribution in [2.24, 2.45) is 0 Å². The molecule has 0 saturated heterocycles. The standard InChI is InChI=1S/C25H25NO6/c1-15-20(23(30)25(32-3)24(31-2)22(15)29)13-17-9-7-16(8-10-17)11-12-21(28)26-18-5-4-6-19(27)14-18/h4-10,14,27H,11-13H2,1-3H3,(H,26,28). The maximum atomic E-state index is 12.8. The van der Waals surface area contributed by atoms with Gasteiger partial charge in [-0.05, 0) is 36.6 Å². The molecular formula is C25H25NO6. The topological polar surface area (TPSA) is 102 Å². The predicted octanol–water partition coefficient (Wildman–Crippen LogP) is 3.48. The van der Waals surface area contributed by atoms with Crippen molar-refractivity contribution in [2.75, 3.05) is 19.5 Å². The number of hydrogen-bond acceptors (Lipinski definition) is 6. The zero-order chi connectivity index (χ0) is 23.3. The van der Waals surface area contributed by atoms with Gasteiger partial charge in [-0.15, -0.1) is 0 Å². The number of carbonyl (C=O) groups is 3. The largest absolute Gasteiger partial charge is 0.508 e. The van der Waals surface area contributed by atoms with Crippen LogP contribution in [-0.2, 0) is 36.7 Å². The number of hydrogen-bond donors (Lipinski definition) is 2. The number of ether oxygens (including phenoxy) is 2. The quantitative estimate of drug-likeness (QED) is 0.616. The number of rotatable bonds is 8. The Morgan fingerprint density at radius 1 is 0.938 bits per heavy atom. The van der Waals surface area contributed by atoms with Crippen LogP contribution in [0.5, 0.6) is 5.75 Å². The summed E-state index contributed by atoms with van der Waals surface area (Å²) in [5.41, 5.74) is 3.11. The Morgan fingerprint density at radius 2 is 1.56 bits per heavy atom. The van der Waals surface area contributed by atoms with Crippen molar-refractivity contribution >= 4 is 23.2 Å². The number of phenols is 1. The molecule has 1 amide bonds. The fourth-order valence-electron chi connectivity index (χ4n) is 3.50. The molecule has 0 radical (unpaired) electrons. The Hall–Kier alpha value is -3.87. The van der Waals surface area contributed by atoms with Gasteiger partial charge in [0.2, 0.25) is 29.0 Å². The first-order chi connectivity index (χ1) is 15.3. The van der Waals surface area contributed by atoms with Crippen LogP contribution in [0.2, 0.25) is 0 Å². The van der Waals surface area contributed by atoms with E-state index >= 15 is 0 Å². The zero-order valence-electron chi connectivity index (χ0n) is 18.2. The van der Waals surface area contributed by atoms with Crippen molar-refractivity contribution in [3.8, 4) is 5.75 Å². The highest BCUT2D eigenvalue weighted by Crippen LogP contribution is 2.28. The van der Waals surface area contributed by atoms with Gasteiger partial charge in [0.25, 0.3) is 0 Å². The van der Waals surface area contributed by atoms with Gasteiger partial charge in [-0.1, -0.05) is 30.3 Å². The number of methoxy groups -OCH3 is 2. The maximum absolute atomic E-state index is 12.8. The van der Waals surface area contributed by atoms with Gasteiger partial charge in [0, 0.05) is 35.7 Å². The van der Waals surface area contributed by atoms with Gasteiger partial charge in [-0.25, -0.2) is 0 Å². The molecule has 3 rings (SSSR count). The van der Waals surface area contributed by atoms with Crippen LogP contribution in [0, 0.1) is 0 Å². The van der Waals surface area contributed by atoms with E-state index in [4.69, 9.17) is 9.47 Å². The van der Waals surface area contributed by atoms with Gasteiger partial charge in [0.1, 0.15) is 5.75 Å². The summed E-state index contributed by atoms with van der Waals surface area (Å²) in [6.07, 6.45) is 1.12. The molecule has 166 valence electrons. The average molecular weight is 435 g/mol.